The number of ether oxygens (including phenoxy) is 2. The quantitative estimate of drug-likeness (QED) is 0.353. The van der Waals surface area contributed by atoms with Crippen LogP contribution in [0.2, 0.25) is 10.0 Å². The molecule has 1 aromatic heterocycles. The topological polar surface area (TPSA) is 134 Å². The number of nitrogens with zero attached hydrogens (tertiary/aromatic N) is 2. The Labute approximate surface area is 216 Å². The molecule has 1 unspecified atom stereocenters. The smallest absolute Gasteiger partial charge is 0.413 e. The fourth-order valence-corrected chi connectivity index (χ4v) is 3.54. The van der Waals surface area contributed by atoms with E-state index in [9.17, 15) is 19.6 Å². The Morgan fingerprint density at radius 2 is 1.81 bits per heavy atom. The molecule has 186 valence electrons. The SMILES string of the molecule is CCOC(=O)NC(=O)C(C#N)NNc1cc(Cl)c(Oc2ccc(=O)n(Cc3ccccc3)c2)c(Cl)c1. The molecule has 10 nitrogen and oxygen atoms in total. The average Bonchev–Trinajstić information content (AvgIpc) is 2.84. The van der Waals surface area contributed by atoms with Crippen molar-refractivity contribution < 1.29 is 19.1 Å². The van der Waals surface area contributed by atoms with E-state index in [1.807, 2.05) is 35.6 Å². The number of hydrogen-bond acceptors (Lipinski definition) is 8. The lowest BCUT2D eigenvalue weighted by molar-refractivity contribution is -0.121. The van der Waals surface area contributed by atoms with Crippen LogP contribution in [0.3, 0.4) is 0 Å². The number of amides is 2. The number of anilines is 1. The standard InChI is InChI=1S/C24H21Cl2N5O5/c1-2-35-24(34)28-23(33)20(12-27)30-29-16-10-18(25)22(19(26)11-16)36-17-8-9-21(32)31(14-17)13-15-6-4-3-5-7-15/h3-11,14,20,29-30H,2,13H2,1H3,(H,28,33,34). The highest BCUT2D eigenvalue weighted by Crippen LogP contribution is 2.38. The average molecular weight is 530 g/mol. The van der Waals surface area contributed by atoms with Gasteiger partial charge in [-0.1, -0.05) is 53.5 Å². The Morgan fingerprint density at radius 1 is 1.11 bits per heavy atom. The van der Waals surface area contributed by atoms with Crippen molar-refractivity contribution in [3.8, 4) is 17.6 Å². The van der Waals surface area contributed by atoms with E-state index in [0.29, 0.717) is 18.0 Å². The minimum absolute atomic E-state index is 0.0709. The van der Waals surface area contributed by atoms with Gasteiger partial charge in [0, 0.05) is 6.07 Å². The van der Waals surface area contributed by atoms with Crippen LogP contribution in [-0.2, 0) is 16.1 Å². The molecule has 3 aromatic rings. The van der Waals surface area contributed by atoms with Crippen molar-refractivity contribution in [1.29, 1.82) is 5.26 Å². The third kappa shape index (κ3) is 7.23. The van der Waals surface area contributed by atoms with Gasteiger partial charge in [0.05, 0.1) is 41.2 Å². The highest BCUT2D eigenvalue weighted by atomic mass is 35.5. The van der Waals surface area contributed by atoms with Gasteiger partial charge in [0.1, 0.15) is 5.75 Å². The molecule has 0 radical (unpaired) electrons. The van der Waals surface area contributed by atoms with Gasteiger partial charge < -0.3 is 19.5 Å². The lowest BCUT2D eigenvalue weighted by atomic mass is 10.2. The van der Waals surface area contributed by atoms with Gasteiger partial charge in [0.2, 0.25) is 0 Å². The van der Waals surface area contributed by atoms with E-state index >= 15 is 0 Å². The highest BCUT2D eigenvalue weighted by Gasteiger charge is 2.21. The third-order valence-corrected chi connectivity index (χ3v) is 5.18. The number of rotatable bonds is 9. The number of hydrazine groups is 1. The van der Waals surface area contributed by atoms with Crippen molar-refractivity contribution in [3.05, 3.63) is 86.8 Å². The summed E-state index contributed by atoms with van der Waals surface area (Å²) in [5, 5.41) is 11.4. The summed E-state index contributed by atoms with van der Waals surface area (Å²) in [6.45, 7) is 2.01. The van der Waals surface area contributed by atoms with Crippen molar-refractivity contribution >= 4 is 40.9 Å². The van der Waals surface area contributed by atoms with Crippen LogP contribution in [0.1, 0.15) is 12.5 Å². The van der Waals surface area contributed by atoms with Crippen LogP contribution in [-0.4, -0.2) is 29.2 Å². The molecular formula is C24H21Cl2N5O5. The number of hydrogen-bond donors (Lipinski definition) is 3. The summed E-state index contributed by atoms with van der Waals surface area (Å²) in [7, 11) is 0. The number of benzene rings is 2. The van der Waals surface area contributed by atoms with Gasteiger partial charge in [0.25, 0.3) is 11.5 Å². The maximum absolute atomic E-state index is 12.3. The molecule has 1 heterocycles. The molecule has 12 heteroatoms. The molecule has 0 aliphatic carbocycles. The molecule has 3 N–H and O–H groups in total. The van der Waals surface area contributed by atoms with Crippen LogP contribution >= 0.6 is 23.2 Å². The molecule has 1 atom stereocenters. The lowest BCUT2D eigenvalue weighted by Gasteiger charge is -2.16. The van der Waals surface area contributed by atoms with Gasteiger partial charge in [-0.2, -0.15) is 5.26 Å². The summed E-state index contributed by atoms with van der Waals surface area (Å²) in [6.07, 6.45) is 0.585. The van der Waals surface area contributed by atoms with Crippen molar-refractivity contribution in [3.63, 3.8) is 0 Å². The Morgan fingerprint density at radius 3 is 2.44 bits per heavy atom. The van der Waals surface area contributed by atoms with Crippen molar-refractivity contribution in [1.82, 2.24) is 15.3 Å². The van der Waals surface area contributed by atoms with Crippen LogP contribution in [0.25, 0.3) is 0 Å². The van der Waals surface area contributed by atoms with Gasteiger partial charge in [-0.3, -0.25) is 14.9 Å². The molecule has 36 heavy (non-hydrogen) atoms. The second-order valence-electron chi connectivity index (χ2n) is 7.23. The zero-order chi connectivity index (χ0) is 26.1. The summed E-state index contributed by atoms with van der Waals surface area (Å²) in [5.74, 6) is -0.426. The van der Waals surface area contributed by atoms with Gasteiger partial charge >= 0.3 is 6.09 Å². The van der Waals surface area contributed by atoms with Crippen molar-refractivity contribution in [2.75, 3.05) is 12.0 Å². The molecule has 3 rings (SSSR count). The van der Waals surface area contributed by atoms with Crippen LogP contribution < -0.4 is 26.5 Å². The van der Waals surface area contributed by atoms with Gasteiger partial charge in [-0.05, 0) is 30.7 Å². The van der Waals surface area contributed by atoms with Crippen LogP contribution in [0.4, 0.5) is 10.5 Å². The molecule has 0 bridgehead atoms. The van der Waals surface area contributed by atoms with E-state index in [2.05, 4.69) is 15.6 Å². The molecule has 0 saturated carbocycles. The minimum Gasteiger partial charge on any atom is -0.453 e. The van der Waals surface area contributed by atoms with Gasteiger partial charge in [-0.15, -0.1) is 0 Å². The first-order valence-electron chi connectivity index (χ1n) is 10.6. The number of pyridine rings is 1. The summed E-state index contributed by atoms with van der Waals surface area (Å²) < 4.78 is 11.9. The van der Waals surface area contributed by atoms with E-state index in [0.717, 1.165) is 5.56 Å². The number of nitrogens with one attached hydrogen (secondary N) is 3. The molecule has 2 amide bonds. The maximum atomic E-state index is 12.3. The molecule has 0 aliphatic heterocycles. The number of carbonyl (C=O) groups is 2. The van der Waals surface area contributed by atoms with Gasteiger partial charge in [-0.25, -0.2) is 10.2 Å². The molecule has 0 spiro atoms. The number of imide groups is 1. The number of carbonyl (C=O) groups excluding carboxylic acids is 2. The third-order valence-electron chi connectivity index (χ3n) is 4.62. The predicted molar refractivity (Wildman–Crippen MR) is 134 cm³/mol. The van der Waals surface area contributed by atoms with Crippen molar-refractivity contribution in [2.45, 2.75) is 19.5 Å². The number of halogens is 2. The normalized spacial score (nSPS) is 11.2. The number of aromatic nitrogens is 1. The fourth-order valence-electron chi connectivity index (χ4n) is 2.97. The Bertz CT molecular complexity index is 1320. The molecule has 0 saturated heterocycles. The zero-order valence-electron chi connectivity index (χ0n) is 19.0. The second kappa shape index (κ2) is 12.6. The largest absolute Gasteiger partial charge is 0.453 e. The van der Waals surface area contributed by atoms with E-state index < -0.39 is 18.0 Å². The van der Waals surface area contributed by atoms with E-state index in [-0.39, 0.29) is 28.0 Å². The first kappa shape index (κ1) is 26.6. The van der Waals surface area contributed by atoms with Crippen LogP contribution in [0, 0.1) is 11.3 Å². The predicted octanol–water partition coefficient (Wildman–Crippen LogP) is 4.08. The highest BCUT2D eigenvalue weighted by molar-refractivity contribution is 6.37. The first-order valence-corrected chi connectivity index (χ1v) is 11.4. The summed E-state index contributed by atoms with van der Waals surface area (Å²) >= 11 is 12.7. The first-order chi connectivity index (χ1) is 17.3. The lowest BCUT2D eigenvalue weighted by Crippen LogP contribution is -2.47. The number of alkyl carbamates (subject to hydrolysis) is 1. The summed E-state index contributed by atoms with van der Waals surface area (Å²) in [6, 6.07) is 15.5. The minimum atomic E-state index is -1.42. The number of nitriles is 1. The second-order valence-corrected chi connectivity index (χ2v) is 8.04. The maximum Gasteiger partial charge on any atom is 0.413 e. The summed E-state index contributed by atoms with van der Waals surface area (Å²) in [4.78, 5) is 35.6. The molecule has 0 fully saturated rings. The van der Waals surface area contributed by atoms with E-state index in [1.54, 1.807) is 19.2 Å². The Balaban J connectivity index is 1.70. The molecule has 0 aliphatic rings. The van der Waals surface area contributed by atoms with E-state index in [1.165, 1.54) is 28.8 Å². The molecule has 2 aromatic carbocycles. The van der Waals surface area contributed by atoms with Crippen LogP contribution in [0.15, 0.2) is 65.6 Å². The fraction of sp³-hybridized carbons (Fsp3) is 0.167. The van der Waals surface area contributed by atoms with Crippen LogP contribution in [0.5, 0.6) is 11.5 Å². The van der Waals surface area contributed by atoms with Crippen molar-refractivity contribution in [2.24, 2.45) is 0 Å². The Kier molecular flexibility index (Phi) is 9.30. The molecular weight excluding hydrogens is 509 g/mol. The van der Waals surface area contributed by atoms with Gasteiger partial charge in [0.15, 0.2) is 11.8 Å². The monoisotopic (exact) mass is 529 g/mol. The zero-order valence-corrected chi connectivity index (χ0v) is 20.5. The summed E-state index contributed by atoms with van der Waals surface area (Å²) in [5.41, 5.74) is 6.17. The van der Waals surface area contributed by atoms with E-state index in [4.69, 9.17) is 27.9 Å². The Hall–Kier alpha value is -4.04.